The van der Waals surface area contributed by atoms with E-state index in [0.717, 1.165) is 0 Å². The molecular formula is C12H10N6O. The number of aromatic amines is 1. The molecule has 7 heteroatoms. The molecule has 94 valence electrons. The highest BCUT2D eigenvalue weighted by Crippen LogP contribution is 2.22. The maximum Gasteiger partial charge on any atom is 0.222 e. The Morgan fingerprint density at radius 3 is 2.58 bits per heavy atom. The maximum atomic E-state index is 5.61. The van der Waals surface area contributed by atoms with Crippen LogP contribution in [0.5, 0.6) is 11.6 Å². The molecule has 2 aromatic heterocycles. The summed E-state index contributed by atoms with van der Waals surface area (Å²) in [7, 11) is 0. The van der Waals surface area contributed by atoms with Gasteiger partial charge in [-0.2, -0.15) is 5.10 Å². The van der Waals surface area contributed by atoms with Crippen LogP contribution in [0.2, 0.25) is 0 Å². The van der Waals surface area contributed by atoms with Crippen molar-refractivity contribution in [1.29, 1.82) is 0 Å². The van der Waals surface area contributed by atoms with E-state index in [1.807, 2.05) is 0 Å². The van der Waals surface area contributed by atoms with Crippen molar-refractivity contribution in [3.8, 4) is 23.1 Å². The number of hydrogen-bond acceptors (Lipinski definition) is 6. The summed E-state index contributed by atoms with van der Waals surface area (Å²) in [4.78, 5) is 12.2. The van der Waals surface area contributed by atoms with Crippen LogP contribution in [0.25, 0.3) is 11.5 Å². The zero-order valence-corrected chi connectivity index (χ0v) is 9.82. The van der Waals surface area contributed by atoms with Gasteiger partial charge < -0.3 is 10.5 Å². The van der Waals surface area contributed by atoms with E-state index in [1.165, 1.54) is 12.7 Å². The Morgan fingerprint density at radius 1 is 1.00 bits per heavy atom. The third-order valence-electron chi connectivity index (χ3n) is 2.40. The molecule has 0 aliphatic carbocycles. The highest BCUT2D eigenvalue weighted by molar-refractivity contribution is 5.49. The van der Waals surface area contributed by atoms with Crippen LogP contribution in [0.1, 0.15) is 0 Å². The second-order valence-corrected chi connectivity index (χ2v) is 3.75. The summed E-state index contributed by atoms with van der Waals surface area (Å²) in [5, 5.41) is 6.50. The lowest BCUT2D eigenvalue weighted by Gasteiger charge is -2.05. The molecule has 0 saturated heterocycles. The molecule has 0 aliphatic heterocycles. The van der Waals surface area contributed by atoms with Gasteiger partial charge in [-0.1, -0.05) is 0 Å². The molecule has 0 unspecified atom stereocenters. The number of hydrogen-bond donors (Lipinski definition) is 2. The van der Waals surface area contributed by atoms with Crippen LogP contribution in [0.3, 0.4) is 0 Å². The van der Waals surface area contributed by atoms with E-state index < -0.39 is 0 Å². The zero-order chi connectivity index (χ0) is 13.1. The first kappa shape index (κ1) is 11.1. The van der Waals surface area contributed by atoms with E-state index in [4.69, 9.17) is 10.5 Å². The maximum absolute atomic E-state index is 5.61. The quantitative estimate of drug-likeness (QED) is 0.689. The van der Waals surface area contributed by atoms with Crippen LogP contribution >= 0.6 is 0 Å². The number of nitrogens with zero attached hydrogens (tertiary/aromatic N) is 4. The molecule has 0 atom stereocenters. The van der Waals surface area contributed by atoms with Gasteiger partial charge in [0.1, 0.15) is 24.1 Å². The van der Waals surface area contributed by atoms with Crippen LogP contribution in [-0.2, 0) is 0 Å². The second-order valence-electron chi connectivity index (χ2n) is 3.75. The highest BCUT2D eigenvalue weighted by atomic mass is 16.5. The van der Waals surface area contributed by atoms with E-state index in [0.29, 0.717) is 28.8 Å². The molecule has 0 spiro atoms. The predicted octanol–water partition coefficient (Wildman–Crippen LogP) is 1.64. The smallest absolute Gasteiger partial charge is 0.222 e. The van der Waals surface area contributed by atoms with Gasteiger partial charge in [-0.05, 0) is 24.3 Å². The first-order valence-electron chi connectivity index (χ1n) is 5.52. The van der Waals surface area contributed by atoms with E-state index in [2.05, 4.69) is 25.1 Å². The molecule has 3 aromatic rings. The topological polar surface area (TPSA) is 103 Å². The van der Waals surface area contributed by atoms with Gasteiger partial charge in [-0.15, -0.1) is 0 Å². The minimum Gasteiger partial charge on any atom is -0.439 e. The van der Waals surface area contributed by atoms with E-state index >= 15 is 0 Å². The Kier molecular flexibility index (Phi) is 2.77. The van der Waals surface area contributed by atoms with Crippen LogP contribution in [0.15, 0.2) is 43.0 Å². The molecule has 1 aromatic carbocycles. The number of nitrogens with two attached hydrogens (primary N) is 1. The van der Waals surface area contributed by atoms with E-state index in [1.54, 1.807) is 30.3 Å². The van der Waals surface area contributed by atoms with Crippen molar-refractivity contribution >= 4 is 5.69 Å². The van der Waals surface area contributed by atoms with Crippen molar-refractivity contribution < 1.29 is 4.74 Å². The molecule has 7 nitrogen and oxygen atoms in total. The number of H-pyrrole nitrogens is 1. The lowest BCUT2D eigenvalue weighted by atomic mass is 10.3. The molecule has 0 bridgehead atoms. The van der Waals surface area contributed by atoms with Crippen molar-refractivity contribution in [2.24, 2.45) is 0 Å². The Labute approximate surface area is 108 Å². The van der Waals surface area contributed by atoms with Gasteiger partial charge in [-0.3, -0.25) is 5.10 Å². The highest BCUT2D eigenvalue weighted by Gasteiger charge is 2.06. The number of rotatable bonds is 3. The Morgan fingerprint density at radius 2 is 1.84 bits per heavy atom. The zero-order valence-electron chi connectivity index (χ0n) is 9.82. The molecule has 0 aliphatic rings. The fourth-order valence-electron chi connectivity index (χ4n) is 1.51. The average molecular weight is 254 g/mol. The number of anilines is 1. The van der Waals surface area contributed by atoms with Crippen LogP contribution in [-0.4, -0.2) is 25.1 Å². The Hall–Kier alpha value is -2.96. The number of benzene rings is 1. The minimum atomic E-state index is 0.422. The Bertz CT molecular complexity index is 665. The number of nitrogens with one attached hydrogen (secondary N) is 1. The van der Waals surface area contributed by atoms with Crippen LogP contribution in [0, 0.1) is 0 Å². The summed E-state index contributed by atoms with van der Waals surface area (Å²) in [6, 6.07) is 8.73. The Balaban J connectivity index is 1.85. The normalized spacial score (nSPS) is 10.3. The average Bonchev–Trinajstić information content (AvgIpc) is 2.96. The molecule has 0 amide bonds. The molecule has 3 N–H and O–H groups in total. The van der Waals surface area contributed by atoms with Gasteiger partial charge in [0.2, 0.25) is 5.88 Å². The van der Waals surface area contributed by atoms with E-state index in [9.17, 15) is 0 Å². The predicted molar refractivity (Wildman–Crippen MR) is 68.3 cm³/mol. The van der Waals surface area contributed by atoms with Gasteiger partial charge in [0.25, 0.3) is 0 Å². The fourth-order valence-corrected chi connectivity index (χ4v) is 1.51. The third kappa shape index (κ3) is 2.49. The van der Waals surface area contributed by atoms with Crippen molar-refractivity contribution in [2.45, 2.75) is 0 Å². The SMILES string of the molecule is Nc1ccc(Oc2cc(-c3ncn[nH]3)ncn2)cc1. The van der Waals surface area contributed by atoms with Crippen molar-refractivity contribution in [1.82, 2.24) is 25.1 Å². The molecule has 2 heterocycles. The summed E-state index contributed by atoms with van der Waals surface area (Å²) < 4.78 is 5.60. The number of ether oxygens (including phenoxy) is 1. The summed E-state index contributed by atoms with van der Waals surface area (Å²) in [5.41, 5.74) is 6.90. The molecule has 0 fully saturated rings. The largest absolute Gasteiger partial charge is 0.439 e. The van der Waals surface area contributed by atoms with Crippen molar-refractivity contribution in [3.63, 3.8) is 0 Å². The van der Waals surface area contributed by atoms with Gasteiger partial charge in [-0.25, -0.2) is 15.0 Å². The minimum absolute atomic E-state index is 0.422. The standard InChI is InChI=1S/C12H10N6O/c13-8-1-3-9(4-2-8)19-11-5-10(14-6-15-11)12-16-7-17-18-12/h1-7H,13H2,(H,16,17,18). The van der Waals surface area contributed by atoms with Gasteiger partial charge in [0.15, 0.2) is 5.82 Å². The van der Waals surface area contributed by atoms with Crippen molar-refractivity contribution in [2.75, 3.05) is 5.73 Å². The van der Waals surface area contributed by atoms with E-state index in [-0.39, 0.29) is 0 Å². The van der Waals surface area contributed by atoms with Crippen LogP contribution in [0.4, 0.5) is 5.69 Å². The lowest BCUT2D eigenvalue weighted by Crippen LogP contribution is -1.92. The van der Waals surface area contributed by atoms with Crippen molar-refractivity contribution in [3.05, 3.63) is 43.0 Å². The molecule has 3 rings (SSSR count). The molecular weight excluding hydrogens is 244 g/mol. The second kappa shape index (κ2) is 4.73. The summed E-state index contributed by atoms with van der Waals surface area (Å²) >= 11 is 0. The first-order valence-corrected chi connectivity index (χ1v) is 5.52. The van der Waals surface area contributed by atoms with Gasteiger partial charge >= 0.3 is 0 Å². The lowest BCUT2D eigenvalue weighted by molar-refractivity contribution is 0.462. The molecule has 19 heavy (non-hydrogen) atoms. The summed E-state index contributed by atoms with van der Waals surface area (Å²) in [5.74, 6) is 1.63. The van der Waals surface area contributed by atoms with Gasteiger partial charge in [0.05, 0.1) is 0 Å². The summed E-state index contributed by atoms with van der Waals surface area (Å²) in [6.07, 6.45) is 2.82. The van der Waals surface area contributed by atoms with Crippen LogP contribution < -0.4 is 10.5 Å². The molecule has 0 saturated carbocycles. The summed E-state index contributed by atoms with van der Waals surface area (Å²) in [6.45, 7) is 0. The number of aromatic nitrogens is 5. The third-order valence-corrected chi connectivity index (χ3v) is 2.40. The molecule has 0 radical (unpaired) electrons. The number of nitrogen functional groups attached to an aromatic ring is 1. The monoisotopic (exact) mass is 254 g/mol. The fraction of sp³-hybridized carbons (Fsp3) is 0. The van der Waals surface area contributed by atoms with Gasteiger partial charge in [0, 0.05) is 11.8 Å². The first-order chi connectivity index (χ1) is 9.31.